The highest BCUT2D eigenvalue weighted by Gasteiger charge is 2.54. The van der Waals surface area contributed by atoms with Crippen molar-refractivity contribution in [2.75, 3.05) is 39.6 Å². The third-order valence-electron chi connectivity index (χ3n) is 10.5. The molecule has 352 valence electrons. The van der Waals surface area contributed by atoms with Crippen LogP contribution in [0.15, 0.2) is 48.5 Å². The molecule has 0 aromatic heterocycles. The first-order valence-corrected chi connectivity index (χ1v) is 20.5. The monoisotopic (exact) mass is 897 g/mol. The Kier molecular flexibility index (Phi) is 18.5. The van der Waals surface area contributed by atoms with Gasteiger partial charge in [0, 0.05) is 25.1 Å². The van der Waals surface area contributed by atoms with Crippen molar-refractivity contribution in [1.29, 1.82) is 0 Å². The maximum atomic E-state index is 12.8. The van der Waals surface area contributed by atoms with Crippen molar-refractivity contribution in [3.8, 4) is 16.9 Å². The average molecular weight is 898 g/mol. The average Bonchev–Trinajstić information content (AvgIpc) is 3.26. The Hall–Kier alpha value is -3.95. The Bertz CT molecular complexity index is 1780. The lowest BCUT2D eigenvalue weighted by Gasteiger charge is -2.48. The minimum atomic E-state index is -1.97. The van der Waals surface area contributed by atoms with Gasteiger partial charge >= 0.3 is 0 Å². The number of nitrogens with one attached hydrogen (secondary N) is 3. The summed E-state index contributed by atoms with van der Waals surface area (Å²) >= 11 is 0. The number of hydrogen-bond donors (Lipinski definition) is 12. The summed E-state index contributed by atoms with van der Waals surface area (Å²) < 4.78 is 39.9. The zero-order valence-corrected chi connectivity index (χ0v) is 34.9. The quantitative estimate of drug-likeness (QED) is 0.0598. The van der Waals surface area contributed by atoms with Gasteiger partial charge in [-0.15, -0.1) is 0 Å². The fourth-order valence-corrected chi connectivity index (χ4v) is 7.24. The Morgan fingerprint density at radius 3 is 1.95 bits per heavy atom. The molecule has 3 amide bonds. The maximum absolute atomic E-state index is 12.8. The van der Waals surface area contributed by atoms with E-state index in [4.69, 9.17) is 33.2 Å². The van der Waals surface area contributed by atoms with Crippen molar-refractivity contribution < 1.29 is 93.5 Å². The van der Waals surface area contributed by atoms with Gasteiger partial charge in [0.25, 0.3) is 11.8 Å². The van der Waals surface area contributed by atoms with Crippen LogP contribution in [-0.2, 0) is 38.0 Å². The summed E-state index contributed by atoms with van der Waals surface area (Å²) in [6, 6.07) is 12.9. The van der Waals surface area contributed by atoms with Crippen LogP contribution in [0.4, 0.5) is 0 Å². The highest BCUT2D eigenvalue weighted by atomic mass is 16.8. The Morgan fingerprint density at radius 1 is 0.698 bits per heavy atom. The molecule has 15 atom stereocenters. The van der Waals surface area contributed by atoms with Crippen LogP contribution in [-0.4, -0.2) is 201 Å². The molecule has 12 N–H and O–H groups in total. The fraction of sp³-hybridized carbons (Fsp3) is 0.634. The molecular formula is C41H59N3O19. The summed E-state index contributed by atoms with van der Waals surface area (Å²) in [7, 11) is 0. The number of aliphatic hydroxyl groups is 9. The first-order valence-electron chi connectivity index (χ1n) is 20.5. The molecule has 2 aromatic carbocycles. The van der Waals surface area contributed by atoms with Crippen molar-refractivity contribution >= 4 is 17.7 Å². The fourth-order valence-electron chi connectivity index (χ4n) is 7.24. The third-order valence-corrected chi connectivity index (χ3v) is 10.5. The first-order chi connectivity index (χ1) is 30.1. The van der Waals surface area contributed by atoms with E-state index in [2.05, 4.69) is 16.0 Å². The van der Waals surface area contributed by atoms with Gasteiger partial charge in [-0.05, 0) is 49.6 Å². The van der Waals surface area contributed by atoms with E-state index in [-0.39, 0.29) is 38.1 Å². The molecule has 0 spiro atoms. The van der Waals surface area contributed by atoms with Crippen LogP contribution in [0.3, 0.4) is 0 Å². The number of hydrogen-bond acceptors (Lipinski definition) is 19. The van der Waals surface area contributed by atoms with Gasteiger partial charge in [-0.2, -0.15) is 0 Å². The van der Waals surface area contributed by atoms with Gasteiger partial charge in [-0.1, -0.05) is 30.3 Å². The van der Waals surface area contributed by atoms with Crippen LogP contribution >= 0.6 is 0 Å². The van der Waals surface area contributed by atoms with Gasteiger partial charge in [0.15, 0.2) is 25.5 Å². The van der Waals surface area contributed by atoms with E-state index in [0.29, 0.717) is 11.3 Å². The van der Waals surface area contributed by atoms with Gasteiger partial charge in [0.1, 0.15) is 78.9 Å². The Labute approximate surface area is 362 Å². The number of rotatable bonds is 19. The van der Waals surface area contributed by atoms with Crippen LogP contribution in [0.1, 0.15) is 37.6 Å². The molecule has 3 aliphatic rings. The molecule has 0 aliphatic carbocycles. The number of carbonyl (C=O) groups is 3. The van der Waals surface area contributed by atoms with E-state index in [0.717, 1.165) is 18.1 Å². The third kappa shape index (κ3) is 12.9. The van der Waals surface area contributed by atoms with Gasteiger partial charge in [0.05, 0.1) is 26.4 Å². The molecule has 0 saturated carbocycles. The summed E-state index contributed by atoms with van der Waals surface area (Å²) in [5.41, 5.74) is 1.92. The van der Waals surface area contributed by atoms with Crippen molar-refractivity contribution in [2.24, 2.45) is 0 Å². The van der Waals surface area contributed by atoms with Gasteiger partial charge < -0.3 is 95.1 Å². The summed E-state index contributed by atoms with van der Waals surface area (Å²) in [6.45, 7) is 2.06. The van der Waals surface area contributed by atoms with E-state index in [1.165, 1.54) is 0 Å². The van der Waals surface area contributed by atoms with E-state index < -0.39 is 124 Å². The smallest absolute Gasteiger partial charge is 0.257 e. The van der Waals surface area contributed by atoms with Gasteiger partial charge in [-0.3, -0.25) is 14.4 Å². The molecule has 3 aliphatic heterocycles. The molecule has 15 unspecified atom stereocenters. The molecule has 3 fully saturated rings. The van der Waals surface area contributed by atoms with Crippen LogP contribution in [0.5, 0.6) is 5.75 Å². The summed E-state index contributed by atoms with van der Waals surface area (Å²) in [6.07, 6.45) is -23.4. The van der Waals surface area contributed by atoms with Crippen molar-refractivity contribution in [1.82, 2.24) is 16.0 Å². The second-order valence-electron chi connectivity index (χ2n) is 15.7. The first kappa shape index (κ1) is 50.1. The summed E-state index contributed by atoms with van der Waals surface area (Å²) in [5.74, 6) is -1.08. The van der Waals surface area contributed by atoms with Gasteiger partial charge in [-0.25, -0.2) is 0 Å². The molecule has 3 saturated heterocycles. The van der Waals surface area contributed by atoms with Crippen LogP contribution in [0.25, 0.3) is 11.1 Å². The summed E-state index contributed by atoms with van der Waals surface area (Å²) in [5, 5.41) is 102. The SMILES string of the molecule is CC(=O)NC1C(OCCCNC(=O)COc2cc(C(=O)NC(C)C)cc(-c3ccccc3)c2)OC(CO)C(OC2OC(CO)C(O)C(OC3OC(CO)C(O)C(O)C3O)C2O)C1O. The number of ether oxygens (including phenoxy) is 7. The minimum Gasteiger partial charge on any atom is -0.484 e. The van der Waals surface area contributed by atoms with E-state index in [9.17, 15) is 60.3 Å². The number of benzene rings is 2. The number of carbonyl (C=O) groups excluding carboxylic acids is 3. The Balaban J connectivity index is 1.16. The number of amides is 3. The molecule has 22 nitrogen and oxygen atoms in total. The second kappa shape index (κ2) is 23.3. The molecule has 5 rings (SSSR count). The van der Waals surface area contributed by atoms with Gasteiger partial charge in [0.2, 0.25) is 5.91 Å². The van der Waals surface area contributed by atoms with E-state index >= 15 is 0 Å². The van der Waals surface area contributed by atoms with Crippen molar-refractivity contribution in [2.45, 2.75) is 125 Å². The summed E-state index contributed by atoms with van der Waals surface area (Å²) in [4.78, 5) is 37.8. The highest BCUT2D eigenvalue weighted by molar-refractivity contribution is 5.96. The predicted molar refractivity (Wildman–Crippen MR) is 214 cm³/mol. The van der Waals surface area contributed by atoms with Crippen molar-refractivity contribution in [3.63, 3.8) is 0 Å². The van der Waals surface area contributed by atoms with Crippen molar-refractivity contribution in [3.05, 3.63) is 54.1 Å². The maximum Gasteiger partial charge on any atom is 0.257 e. The lowest BCUT2D eigenvalue weighted by Crippen LogP contribution is -2.68. The second-order valence-corrected chi connectivity index (χ2v) is 15.7. The zero-order chi connectivity index (χ0) is 46.0. The Morgan fingerprint density at radius 2 is 1.32 bits per heavy atom. The van der Waals surface area contributed by atoms with E-state index in [1.807, 2.05) is 44.2 Å². The standard InChI is InChI=1S/C41H59N3O19/c1-19(2)43-38(56)23-12-22(21-8-5-4-6-9-21)13-24(14-23)58-18-28(49)42-10-7-11-57-39-29(44-20(3)48)32(52)36(27(17-47)61-39)62-41-35(55)37(31(51)26(16-46)60-41)63-40-34(54)33(53)30(50)25(15-45)59-40/h4-6,8-9,12-14,19,25-27,29-37,39-41,45-47,50-55H,7,10-11,15-18H2,1-3H3,(H,42,49)(H,43,56)(H,44,48). The minimum absolute atomic E-state index is 0.0801. The number of aliphatic hydroxyl groups excluding tert-OH is 9. The molecule has 0 radical (unpaired) electrons. The molecule has 2 aromatic rings. The molecular weight excluding hydrogens is 838 g/mol. The predicted octanol–water partition coefficient (Wildman–Crippen LogP) is -4.01. The molecule has 22 heteroatoms. The lowest BCUT2D eigenvalue weighted by atomic mass is 9.95. The largest absolute Gasteiger partial charge is 0.484 e. The topological polar surface area (TPSA) is 334 Å². The molecule has 3 heterocycles. The van der Waals surface area contributed by atoms with Crippen LogP contribution in [0, 0.1) is 0 Å². The molecule has 63 heavy (non-hydrogen) atoms. The highest BCUT2D eigenvalue weighted by Crippen LogP contribution is 2.33. The zero-order valence-electron chi connectivity index (χ0n) is 34.9. The van der Waals surface area contributed by atoms with Crippen LogP contribution in [0.2, 0.25) is 0 Å². The molecule has 0 bridgehead atoms. The normalized spacial score (nSPS) is 33.4. The lowest BCUT2D eigenvalue weighted by molar-refractivity contribution is -0.376. The van der Waals surface area contributed by atoms with Crippen LogP contribution < -0.4 is 20.7 Å². The van der Waals surface area contributed by atoms with E-state index in [1.54, 1.807) is 18.2 Å².